The molecule has 3 aliphatic rings. The Labute approximate surface area is 212 Å². The van der Waals surface area contributed by atoms with Crippen LogP contribution in [0.3, 0.4) is 0 Å². The normalized spacial score (nSPS) is 25.1. The molecule has 1 N–H and O–H groups in total. The number of nitrogens with one attached hydrogen (secondary N) is 1. The number of hydrogen-bond donors (Lipinski definition) is 1. The number of fused-ring (bicyclic) bond motifs is 3. The number of piperidine rings is 1. The highest BCUT2D eigenvalue weighted by Crippen LogP contribution is 2.43. The van der Waals surface area contributed by atoms with Crippen LogP contribution in [0.25, 0.3) is 0 Å². The van der Waals surface area contributed by atoms with Gasteiger partial charge in [-0.25, -0.2) is 9.97 Å². The first-order chi connectivity index (χ1) is 16.8. The zero-order valence-corrected chi connectivity index (χ0v) is 22.2. The standard InChI is InChI=1S/C26H38N6O2S/c1-16(2)26(34)30-9-8-25-23(13-30)28-17(3)32(25)21-11-19-5-6-20(12-21)31(19)10-7-22(29-18(4)33)24-14-35-15-27-24/h14-16,19-22H,5-13H2,1-4H3,(H,29,33)/t19-,20+,21+,22-/m0/s1. The summed E-state index contributed by atoms with van der Waals surface area (Å²) in [6, 6.07) is 1.62. The molecule has 9 heteroatoms. The van der Waals surface area contributed by atoms with Crippen LogP contribution in [0.15, 0.2) is 10.9 Å². The van der Waals surface area contributed by atoms with Gasteiger partial charge >= 0.3 is 0 Å². The van der Waals surface area contributed by atoms with Gasteiger partial charge in [0.15, 0.2) is 0 Å². The van der Waals surface area contributed by atoms with Crippen molar-refractivity contribution in [1.82, 2.24) is 29.7 Å². The zero-order valence-electron chi connectivity index (χ0n) is 21.4. The van der Waals surface area contributed by atoms with Crippen LogP contribution in [0.4, 0.5) is 0 Å². The zero-order chi connectivity index (χ0) is 24.7. The van der Waals surface area contributed by atoms with Crippen LogP contribution in [0.5, 0.6) is 0 Å². The largest absolute Gasteiger partial charge is 0.348 e. The van der Waals surface area contributed by atoms with E-state index in [1.165, 1.54) is 18.5 Å². The van der Waals surface area contributed by atoms with Crippen molar-refractivity contribution < 1.29 is 9.59 Å². The Balaban J connectivity index is 1.26. The Morgan fingerprint density at radius 1 is 1.20 bits per heavy atom. The van der Waals surface area contributed by atoms with Crippen molar-refractivity contribution in [1.29, 1.82) is 0 Å². The van der Waals surface area contributed by atoms with Crippen molar-refractivity contribution in [2.75, 3.05) is 13.1 Å². The van der Waals surface area contributed by atoms with E-state index in [4.69, 9.17) is 4.98 Å². The number of amides is 2. The lowest BCUT2D eigenvalue weighted by Crippen LogP contribution is -2.45. The Morgan fingerprint density at radius 2 is 1.94 bits per heavy atom. The molecule has 2 bridgehead atoms. The number of hydrogen-bond acceptors (Lipinski definition) is 6. The summed E-state index contributed by atoms with van der Waals surface area (Å²) in [6.45, 7) is 10.1. The van der Waals surface area contributed by atoms with Crippen LogP contribution in [-0.4, -0.2) is 61.3 Å². The van der Waals surface area contributed by atoms with Gasteiger partial charge < -0.3 is 14.8 Å². The van der Waals surface area contributed by atoms with Gasteiger partial charge in [-0.15, -0.1) is 11.3 Å². The third kappa shape index (κ3) is 4.89. The summed E-state index contributed by atoms with van der Waals surface area (Å²) in [5.41, 5.74) is 5.25. The van der Waals surface area contributed by atoms with E-state index in [1.807, 2.05) is 29.6 Å². The third-order valence-electron chi connectivity index (χ3n) is 8.12. The Morgan fingerprint density at radius 3 is 2.57 bits per heavy atom. The number of carbonyl (C=O) groups is 2. The predicted octanol–water partition coefficient (Wildman–Crippen LogP) is 3.62. The SMILES string of the molecule is CC(=O)N[C@@H](CCN1[C@@H]2CC[C@H]1C[C@@H](n1c(C)nc3c1CCN(C(=O)C(C)C)C3)C2)c1cscn1. The summed E-state index contributed by atoms with van der Waals surface area (Å²) in [7, 11) is 0. The van der Waals surface area contributed by atoms with E-state index in [1.54, 1.807) is 18.3 Å². The molecule has 2 aromatic heterocycles. The van der Waals surface area contributed by atoms with E-state index < -0.39 is 0 Å². The molecule has 190 valence electrons. The first-order valence-electron chi connectivity index (χ1n) is 13.1. The lowest BCUT2D eigenvalue weighted by atomic mass is 9.95. The molecule has 0 saturated carbocycles. The van der Waals surface area contributed by atoms with Crippen LogP contribution in [0.2, 0.25) is 0 Å². The van der Waals surface area contributed by atoms with Crippen LogP contribution in [-0.2, 0) is 22.6 Å². The molecule has 0 spiro atoms. The van der Waals surface area contributed by atoms with Gasteiger partial charge in [0.2, 0.25) is 11.8 Å². The van der Waals surface area contributed by atoms with Crippen LogP contribution >= 0.6 is 11.3 Å². The van der Waals surface area contributed by atoms with Crippen molar-refractivity contribution in [3.8, 4) is 0 Å². The molecule has 0 aliphatic carbocycles. The fourth-order valence-corrected chi connectivity index (χ4v) is 7.22. The van der Waals surface area contributed by atoms with E-state index in [2.05, 4.69) is 26.7 Å². The topological polar surface area (TPSA) is 83.4 Å². The second-order valence-corrected chi connectivity index (χ2v) is 11.5. The minimum absolute atomic E-state index is 0.00121. The van der Waals surface area contributed by atoms with Gasteiger partial charge in [-0.3, -0.25) is 14.5 Å². The highest BCUT2D eigenvalue weighted by atomic mass is 32.1. The van der Waals surface area contributed by atoms with E-state index in [0.29, 0.717) is 24.7 Å². The van der Waals surface area contributed by atoms with Crippen LogP contribution in [0, 0.1) is 12.8 Å². The van der Waals surface area contributed by atoms with Gasteiger partial charge in [0.25, 0.3) is 0 Å². The van der Waals surface area contributed by atoms with Gasteiger partial charge in [-0.05, 0) is 39.0 Å². The van der Waals surface area contributed by atoms with Crippen molar-refractivity contribution in [3.05, 3.63) is 33.8 Å². The van der Waals surface area contributed by atoms with Crippen molar-refractivity contribution in [2.45, 2.75) is 96.9 Å². The molecule has 35 heavy (non-hydrogen) atoms. The molecule has 0 unspecified atom stereocenters. The predicted molar refractivity (Wildman–Crippen MR) is 136 cm³/mol. The molecule has 2 amide bonds. The molecule has 0 aromatic carbocycles. The summed E-state index contributed by atoms with van der Waals surface area (Å²) >= 11 is 1.58. The lowest BCUT2D eigenvalue weighted by Gasteiger charge is -2.41. The van der Waals surface area contributed by atoms with E-state index in [-0.39, 0.29) is 23.8 Å². The second-order valence-electron chi connectivity index (χ2n) is 10.8. The number of aryl methyl sites for hydroxylation is 1. The lowest BCUT2D eigenvalue weighted by molar-refractivity contribution is -0.135. The fourth-order valence-electron chi connectivity index (χ4n) is 6.61. The Kier molecular flexibility index (Phi) is 6.99. The average Bonchev–Trinajstić information content (AvgIpc) is 3.51. The molecular weight excluding hydrogens is 460 g/mol. The Bertz CT molecular complexity index is 1050. The van der Waals surface area contributed by atoms with Gasteiger partial charge in [0, 0.05) is 61.6 Å². The minimum Gasteiger partial charge on any atom is -0.348 e. The maximum atomic E-state index is 12.5. The molecule has 0 radical (unpaired) electrons. The van der Waals surface area contributed by atoms with Gasteiger partial charge in [0.1, 0.15) is 5.82 Å². The number of thiazole rings is 1. The van der Waals surface area contributed by atoms with E-state index in [9.17, 15) is 9.59 Å². The van der Waals surface area contributed by atoms with Crippen molar-refractivity contribution >= 4 is 23.2 Å². The number of rotatable bonds is 7. The van der Waals surface area contributed by atoms with Crippen molar-refractivity contribution in [2.24, 2.45) is 5.92 Å². The smallest absolute Gasteiger partial charge is 0.225 e. The molecule has 2 saturated heterocycles. The Hall–Kier alpha value is -2.26. The van der Waals surface area contributed by atoms with E-state index in [0.717, 1.165) is 56.0 Å². The second kappa shape index (κ2) is 10.0. The summed E-state index contributed by atoms with van der Waals surface area (Å²) in [6.07, 6.45) is 6.58. The molecule has 3 aliphatic heterocycles. The highest BCUT2D eigenvalue weighted by molar-refractivity contribution is 7.07. The molecule has 8 nitrogen and oxygen atoms in total. The van der Waals surface area contributed by atoms with Gasteiger partial charge in [0.05, 0.1) is 29.5 Å². The quantitative estimate of drug-likeness (QED) is 0.630. The molecule has 5 heterocycles. The van der Waals surface area contributed by atoms with Crippen molar-refractivity contribution in [3.63, 3.8) is 0 Å². The number of carbonyl (C=O) groups excluding carboxylic acids is 2. The number of aromatic nitrogens is 3. The van der Waals surface area contributed by atoms with Gasteiger partial charge in [-0.2, -0.15) is 0 Å². The molecule has 2 aromatic rings. The fraction of sp³-hybridized carbons (Fsp3) is 0.692. The number of nitrogens with zero attached hydrogens (tertiary/aromatic N) is 5. The highest BCUT2D eigenvalue weighted by Gasteiger charge is 2.42. The third-order valence-corrected chi connectivity index (χ3v) is 8.73. The van der Waals surface area contributed by atoms with Crippen LogP contribution < -0.4 is 5.32 Å². The summed E-state index contributed by atoms with van der Waals surface area (Å²) in [4.78, 5) is 38.4. The first kappa shape index (κ1) is 24.4. The first-order valence-corrected chi connectivity index (χ1v) is 14.0. The monoisotopic (exact) mass is 498 g/mol. The van der Waals surface area contributed by atoms with E-state index >= 15 is 0 Å². The maximum absolute atomic E-state index is 12.5. The molecular formula is C26H38N6O2S. The van der Waals surface area contributed by atoms with Crippen LogP contribution in [0.1, 0.15) is 87.9 Å². The molecule has 2 fully saturated rings. The maximum Gasteiger partial charge on any atom is 0.225 e. The number of imidazole rings is 1. The molecule has 5 rings (SSSR count). The van der Waals surface area contributed by atoms with Gasteiger partial charge in [-0.1, -0.05) is 13.8 Å². The summed E-state index contributed by atoms with van der Waals surface area (Å²) in [5, 5.41) is 5.15. The minimum atomic E-state index is -0.0183. The summed E-state index contributed by atoms with van der Waals surface area (Å²) in [5.74, 6) is 1.35. The average molecular weight is 499 g/mol. The summed E-state index contributed by atoms with van der Waals surface area (Å²) < 4.78 is 2.52. The molecule has 4 atom stereocenters.